The van der Waals surface area contributed by atoms with Crippen molar-refractivity contribution in [3.05, 3.63) is 34.9 Å². The van der Waals surface area contributed by atoms with Crippen LogP contribution in [0, 0.1) is 13.8 Å². The Morgan fingerprint density at radius 1 is 1.24 bits per heavy atom. The summed E-state index contributed by atoms with van der Waals surface area (Å²) in [4.78, 5) is 14.8. The van der Waals surface area contributed by atoms with Crippen molar-refractivity contribution in [2.45, 2.75) is 52.5 Å². The SMILES string of the molecule is CCCN(C(=O)Cc1ccc(C)c(C)c1)C1CCNCC1. The molecule has 21 heavy (non-hydrogen) atoms. The topological polar surface area (TPSA) is 32.3 Å². The second kappa shape index (κ2) is 7.60. The van der Waals surface area contributed by atoms with Crippen LogP contribution in [0.25, 0.3) is 0 Å². The van der Waals surface area contributed by atoms with E-state index in [-0.39, 0.29) is 5.91 Å². The van der Waals surface area contributed by atoms with Gasteiger partial charge in [-0.1, -0.05) is 25.1 Å². The maximum atomic E-state index is 12.7. The molecule has 1 aromatic rings. The van der Waals surface area contributed by atoms with Crippen molar-refractivity contribution in [3.8, 4) is 0 Å². The molecule has 1 aliphatic rings. The number of hydrogen-bond acceptors (Lipinski definition) is 2. The minimum Gasteiger partial charge on any atom is -0.339 e. The number of amides is 1. The van der Waals surface area contributed by atoms with Crippen LogP contribution in [-0.2, 0) is 11.2 Å². The maximum absolute atomic E-state index is 12.7. The van der Waals surface area contributed by atoms with E-state index in [9.17, 15) is 4.79 Å². The average Bonchev–Trinajstić information content (AvgIpc) is 2.49. The quantitative estimate of drug-likeness (QED) is 0.903. The van der Waals surface area contributed by atoms with Crippen LogP contribution in [0.1, 0.15) is 42.9 Å². The van der Waals surface area contributed by atoms with E-state index in [0.717, 1.165) is 44.5 Å². The molecular weight excluding hydrogens is 260 g/mol. The molecule has 0 unspecified atom stereocenters. The van der Waals surface area contributed by atoms with E-state index in [1.54, 1.807) is 0 Å². The van der Waals surface area contributed by atoms with Crippen LogP contribution in [0.2, 0.25) is 0 Å². The van der Waals surface area contributed by atoms with E-state index >= 15 is 0 Å². The Balaban J connectivity index is 2.05. The Morgan fingerprint density at radius 3 is 2.57 bits per heavy atom. The van der Waals surface area contributed by atoms with Crippen LogP contribution >= 0.6 is 0 Å². The summed E-state index contributed by atoms with van der Waals surface area (Å²) in [5, 5.41) is 3.38. The van der Waals surface area contributed by atoms with Crippen LogP contribution in [0.5, 0.6) is 0 Å². The fraction of sp³-hybridized carbons (Fsp3) is 0.611. The summed E-state index contributed by atoms with van der Waals surface area (Å²) >= 11 is 0. The first kappa shape index (κ1) is 16.0. The van der Waals surface area contributed by atoms with Gasteiger partial charge in [0, 0.05) is 12.6 Å². The van der Waals surface area contributed by atoms with Gasteiger partial charge in [-0.15, -0.1) is 0 Å². The van der Waals surface area contributed by atoms with E-state index in [2.05, 4.69) is 49.2 Å². The molecule has 116 valence electrons. The van der Waals surface area contributed by atoms with Gasteiger partial charge < -0.3 is 10.2 Å². The number of nitrogens with one attached hydrogen (secondary N) is 1. The minimum atomic E-state index is 0.284. The van der Waals surface area contributed by atoms with Gasteiger partial charge in [-0.2, -0.15) is 0 Å². The zero-order valence-corrected chi connectivity index (χ0v) is 13.6. The molecule has 3 heteroatoms. The van der Waals surface area contributed by atoms with Gasteiger partial charge in [0.05, 0.1) is 6.42 Å². The molecule has 0 saturated carbocycles. The van der Waals surface area contributed by atoms with Gasteiger partial charge in [-0.05, 0) is 62.9 Å². The molecule has 1 aliphatic heterocycles. The third kappa shape index (κ3) is 4.31. The highest BCUT2D eigenvalue weighted by Gasteiger charge is 2.24. The molecule has 1 saturated heterocycles. The molecule has 1 heterocycles. The Kier molecular flexibility index (Phi) is 5.80. The number of nitrogens with zero attached hydrogens (tertiary/aromatic N) is 1. The highest BCUT2D eigenvalue weighted by molar-refractivity contribution is 5.79. The van der Waals surface area contributed by atoms with Crippen molar-refractivity contribution in [3.63, 3.8) is 0 Å². The number of hydrogen-bond donors (Lipinski definition) is 1. The predicted molar refractivity (Wildman–Crippen MR) is 87.5 cm³/mol. The van der Waals surface area contributed by atoms with Crippen LogP contribution in [0.4, 0.5) is 0 Å². The second-order valence-electron chi connectivity index (χ2n) is 6.16. The Hall–Kier alpha value is -1.35. The summed E-state index contributed by atoms with van der Waals surface area (Å²) in [7, 11) is 0. The molecule has 1 aromatic carbocycles. The number of aryl methyl sites for hydroxylation is 2. The number of piperidine rings is 1. The van der Waals surface area contributed by atoms with Gasteiger partial charge in [0.1, 0.15) is 0 Å². The fourth-order valence-electron chi connectivity index (χ4n) is 3.06. The van der Waals surface area contributed by atoms with Crippen molar-refractivity contribution in [1.82, 2.24) is 10.2 Å². The molecule has 0 aromatic heterocycles. The van der Waals surface area contributed by atoms with E-state index < -0.39 is 0 Å². The third-order valence-corrected chi connectivity index (χ3v) is 4.46. The van der Waals surface area contributed by atoms with Crippen LogP contribution in [0.3, 0.4) is 0 Å². The smallest absolute Gasteiger partial charge is 0.227 e. The summed E-state index contributed by atoms with van der Waals surface area (Å²) in [5.41, 5.74) is 3.69. The van der Waals surface area contributed by atoms with Gasteiger partial charge in [-0.25, -0.2) is 0 Å². The second-order valence-corrected chi connectivity index (χ2v) is 6.16. The van der Waals surface area contributed by atoms with Crippen LogP contribution in [0.15, 0.2) is 18.2 Å². The highest BCUT2D eigenvalue weighted by Crippen LogP contribution is 2.16. The molecule has 0 spiro atoms. The normalized spacial score (nSPS) is 16.0. The molecule has 1 amide bonds. The molecule has 0 bridgehead atoms. The minimum absolute atomic E-state index is 0.284. The van der Waals surface area contributed by atoms with E-state index in [4.69, 9.17) is 0 Å². The lowest BCUT2D eigenvalue weighted by Crippen LogP contribution is -2.47. The lowest BCUT2D eigenvalue weighted by atomic mass is 10.0. The maximum Gasteiger partial charge on any atom is 0.227 e. The molecule has 0 aliphatic carbocycles. The largest absolute Gasteiger partial charge is 0.339 e. The van der Waals surface area contributed by atoms with Crippen molar-refractivity contribution < 1.29 is 4.79 Å². The van der Waals surface area contributed by atoms with E-state index in [1.807, 2.05) is 0 Å². The van der Waals surface area contributed by atoms with Crippen molar-refractivity contribution in [2.24, 2.45) is 0 Å². The first-order chi connectivity index (χ1) is 10.1. The van der Waals surface area contributed by atoms with Gasteiger partial charge in [0.2, 0.25) is 5.91 Å². The zero-order valence-electron chi connectivity index (χ0n) is 13.6. The summed E-state index contributed by atoms with van der Waals surface area (Å²) in [6.07, 6.45) is 3.73. The van der Waals surface area contributed by atoms with Gasteiger partial charge in [0.25, 0.3) is 0 Å². The molecule has 0 atom stereocenters. The number of carbonyl (C=O) groups is 1. The Morgan fingerprint density at radius 2 is 1.95 bits per heavy atom. The van der Waals surface area contributed by atoms with Crippen LogP contribution in [-0.4, -0.2) is 36.5 Å². The first-order valence-electron chi connectivity index (χ1n) is 8.18. The van der Waals surface area contributed by atoms with Crippen molar-refractivity contribution in [1.29, 1.82) is 0 Å². The molecule has 2 rings (SSSR count). The first-order valence-corrected chi connectivity index (χ1v) is 8.18. The molecule has 3 nitrogen and oxygen atoms in total. The lowest BCUT2D eigenvalue weighted by molar-refractivity contribution is -0.133. The molecule has 0 radical (unpaired) electrons. The summed E-state index contributed by atoms with van der Waals surface area (Å²) in [6, 6.07) is 6.78. The summed E-state index contributed by atoms with van der Waals surface area (Å²) < 4.78 is 0. The van der Waals surface area contributed by atoms with Gasteiger partial charge in [-0.3, -0.25) is 4.79 Å². The standard InChI is InChI=1S/C18H28N2O/c1-4-11-20(17-7-9-19-10-8-17)18(21)13-16-6-5-14(2)15(3)12-16/h5-6,12,17,19H,4,7-11,13H2,1-3H3. The number of carbonyl (C=O) groups excluding carboxylic acids is 1. The van der Waals surface area contributed by atoms with Crippen LogP contribution < -0.4 is 5.32 Å². The van der Waals surface area contributed by atoms with Crippen molar-refractivity contribution in [2.75, 3.05) is 19.6 Å². The third-order valence-electron chi connectivity index (χ3n) is 4.46. The zero-order chi connectivity index (χ0) is 15.2. The Labute approximate surface area is 128 Å². The number of benzene rings is 1. The summed E-state index contributed by atoms with van der Waals surface area (Å²) in [5.74, 6) is 0.284. The summed E-state index contributed by atoms with van der Waals surface area (Å²) in [6.45, 7) is 9.31. The van der Waals surface area contributed by atoms with Crippen molar-refractivity contribution >= 4 is 5.91 Å². The monoisotopic (exact) mass is 288 g/mol. The molecule has 1 N–H and O–H groups in total. The highest BCUT2D eigenvalue weighted by atomic mass is 16.2. The predicted octanol–water partition coefficient (Wildman–Crippen LogP) is 2.84. The Bertz CT molecular complexity index is 478. The lowest BCUT2D eigenvalue weighted by Gasteiger charge is -2.34. The molecule has 1 fully saturated rings. The average molecular weight is 288 g/mol. The van der Waals surface area contributed by atoms with Gasteiger partial charge >= 0.3 is 0 Å². The fourth-order valence-corrected chi connectivity index (χ4v) is 3.06. The van der Waals surface area contributed by atoms with Gasteiger partial charge in [0.15, 0.2) is 0 Å². The molecular formula is C18H28N2O. The van der Waals surface area contributed by atoms with E-state index in [0.29, 0.717) is 12.5 Å². The van der Waals surface area contributed by atoms with E-state index in [1.165, 1.54) is 11.1 Å². The number of rotatable bonds is 5.